The highest BCUT2D eigenvalue weighted by atomic mass is 79.9. The molecule has 0 aromatic rings. The number of hydrogen-bond acceptors (Lipinski definition) is 3. The second kappa shape index (κ2) is 4.08. The summed E-state index contributed by atoms with van der Waals surface area (Å²) in [6, 6.07) is 0. The molecule has 0 radical (unpaired) electrons. The van der Waals surface area contributed by atoms with Gasteiger partial charge in [0.2, 0.25) is 0 Å². The summed E-state index contributed by atoms with van der Waals surface area (Å²) in [4.78, 5) is 18.0. The summed E-state index contributed by atoms with van der Waals surface area (Å²) < 4.78 is 0. The average Bonchev–Trinajstić information content (AvgIpc) is 1.68. The number of carbonyl (C=O) groups is 1. The molecule has 0 aromatic carbocycles. The maximum absolute atomic E-state index is 10.0. The van der Waals surface area contributed by atoms with E-state index in [4.69, 9.17) is 0 Å². The Bertz CT molecular complexity index is 63.2. The first-order valence-corrected chi connectivity index (χ1v) is 2.73. The van der Waals surface area contributed by atoms with Crippen molar-refractivity contribution in [3.8, 4) is 0 Å². The first-order chi connectivity index (χ1) is 3.31. The summed E-state index contributed by atoms with van der Waals surface area (Å²) in [5, 5.41) is 0.167. The van der Waals surface area contributed by atoms with Crippen LogP contribution in [-0.4, -0.2) is 18.4 Å². The van der Waals surface area contributed by atoms with Gasteiger partial charge < -0.3 is 0 Å². The summed E-state index contributed by atoms with van der Waals surface area (Å²) >= 11 is 2.86. The molecular weight excluding hydrogens is 164 g/mol. The molecule has 0 aliphatic heterocycles. The van der Waals surface area contributed by atoms with E-state index in [2.05, 4.69) is 25.7 Å². The van der Waals surface area contributed by atoms with Crippen LogP contribution >= 0.6 is 15.9 Å². The van der Waals surface area contributed by atoms with Gasteiger partial charge in [0.05, 0.1) is 7.11 Å². The number of alkyl halides is 1. The molecule has 4 heteroatoms. The highest BCUT2D eigenvalue weighted by molar-refractivity contribution is 9.09. The fourth-order valence-corrected chi connectivity index (χ4v) is 0.209. The highest BCUT2D eigenvalue weighted by Crippen LogP contribution is 1.83. The lowest BCUT2D eigenvalue weighted by atomic mass is 10.8. The van der Waals surface area contributed by atoms with Crippen molar-refractivity contribution in [2.45, 2.75) is 0 Å². The minimum absolute atomic E-state index is 0.167. The van der Waals surface area contributed by atoms with Crippen molar-refractivity contribution in [3.05, 3.63) is 0 Å². The molecule has 3 nitrogen and oxygen atoms in total. The molecule has 0 N–H and O–H groups in total. The third kappa shape index (κ3) is 3.75. The van der Waals surface area contributed by atoms with Gasteiger partial charge in [0.1, 0.15) is 5.33 Å². The molecule has 0 saturated heterocycles. The Morgan fingerprint density at radius 2 is 2.43 bits per heavy atom. The molecule has 0 rings (SSSR count). The monoisotopic (exact) mass is 168 g/mol. The van der Waals surface area contributed by atoms with Gasteiger partial charge in [-0.3, -0.25) is 4.89 Å². The zero-order chi connectivity index (χ0) is 5.70. The lowest BCUT2D eigenvalue weighted by Crippen LogP contribution is -2.02. The third-order valence-electron chi connectivity index (χ3n) is 0.285. The lowest BCUT2D eigenvalue weighted by Gasteiger charge is -1.91. The topological polar surface area (TPSA) is 35.5 Å². The van der Waals surface area contributed by atoms with Crippen LogP contribution in [0.15, 0.2) is 0 Å². The van der Waals surface area contributed by atoms with E-state index in [-0.39, 0.29) is 5.33 Å². The molecule has 0 aliphatic rings. The summed E-state index contributed by atoms with van der Waals surface area (Å²) in [5.74, 6) is -0.428. The van der Waals surface area contributed by atoms with Crippen LogP contribution < -0.4 is 0 Å². The Kier molecular flexibility index (Phi) is 4.03. The zero-order valence-corrected chi connectivity index (χ0v) is 5.40. The van der Waals surface area contributed by atoms with Crippen molar-refractivity contribution in [2.24, 2.45) is 0 Å². The van der Waals surface area contributed by atoms with Crippen molar-refractivity contribution in [1.29, 1.82) is 0 Å². The van der Waals surface area contributed by atoms with Crippen LogP contribution in [0.25, 0.3) is 0 Å². The lowest BCUT2D eigenvalue weighted by molar-refractivity contribution is -0.251. The molecule has 0 unspecified atom stereocenters. The maximum Gasteiger partial charge on any atom is 0.352 e. The van der Waals surface area contributed by atoms with E-state index in [0.717, 1.165) is 0 Å². The minimum Gasteiger partial charge on any atom is -0.298 e. The maximum atomic E-state index is 10.0. The quantitative estimate of drug-likeness (QED) is 0.342. The molecule has 0 saturated carbocycles. The summed E-state index contributed by atoms with van der Waals surface area (Å²) in [6.07, 6.45) is 0. The van der Waals surface area contributed by atoms with E-state index in [9.17, 15) is 4.79 Å². The molecule has 7 heavy (non-hydrogen) atoms. The van der Waals surface area contributed by atoms with Crippen molar-refractivity contribution < 1.29 is 14.6 Å². The number of carbonyl (C=O) groups excluding carboxylic acids is 1. The van der Waals surface area contributed by atoms with E-state index in [1.165, 1.54) is 7.11 Å². The fourth-order valence-electron chi connectivity index (χ4n) is 0.115. The second-order valence-corrected chi connectivity index (χ2v) is 1.32. The Balaban J connectivity index is 3.00. The van der Waals surface area contributed by atoms with Crippen LogP contribution in [0.4, 0.5) is 0 Å². The zero-order valence-electron chi connectivity index (χ0n) is 3.81. The first kappa shape index (κ1) is 6.91. The van der Waals surface area contributed by atoms with Crippen LogP contribution in [-0.2, 0) is 14.6 Å². The fraction of sp³-hybridized carbons (Fsp3) is 0.667. The Labute approximate surface area is 49.7 Å². The van der Waals surface area contributed by atoms with Gasteiger partial charge in [-0.1, -0.05) is 15.9 Å². The molecule has 0 aromatic heterocycles. The predicted octanol–water partition coefficient (Wildman–Crippen LogP) is 0.486. The molecule has 0 heterocycles. The normalized spacial score (nSPS) is 8.29. The largest absolute Gasteiger partial charge is 0.352 e. The van der Waals surface area contributed by atoms with Crippen LogP contribution in [0.1, 0.15) is 0 Å². The van der Waals surface area contributed by atoms with Gasteiger partial charge in [0, 0.05) is 0 Å². The minimum atomic E-state index is -0.428. The van der Waals surface area contributed by atoms with Gasteiger partial charge in [-0.15, -0.1) is 0 Å². The SMILES string of the molecule is COOC(=O)CBr. The van der Waals surface area contributed by atoms with E-state index in [1.807, 2.05) is 0 Å². The van der Waals surface area contributed by atoms with Gasteiger partial charge >= 0.3 is 5.97 Å². The van der Waals surface area contributed by atoms with E-state index >= 15 is 0 Å². The molecule has 0 aliphatic carbocycles. The standard InChI is InChI=1S/C3H5BrO3/c1-6-7-3(5)2-4/h2H2,1H3. The van der Waals surface area contributed by atoms with Crippen LogP contribution in [0.5, 0.6) is 0 Å². The van der Waals surface area contributed by atoms with Crippen molar-refractivity contribution >= 4 is 21.9 Å². The van der Waals surface area contributed by atoms with Gasteiger partial charge in [0.15, 0.2) is 0 Å². The molecule has 0 fully saturated rings. The Morgan fingerprint density at radius 1 is 1.86 bits per heavy atom. The van der Waals surface area contributed by atoms with Gasteiger partial charge in [-0.25, -0.2) is 4.79 Å². The predicted molar refractivity (Wildman–Crippen MR) is 26.9 cm³/mol. The smallest absolute Gasteiger partial charge is 0.298 e. The Hall–Kier alpha value is -0.0900. The molecule has 0 bridgehead atoms. The first-order valence-electron chi connectivity index (χ1n) is 1.60. The van der Waals surface area contributed by atoms with Gasteiger partial charge in [-0.05, 0) is 0 Å². The third-order valence-corrected chi connectivity index (χ3v) is 0.743. The molecule has 0 amide bonds. The van der Waals surface area contributed by atoms with E-state index < -0.39 is 5.97 Å². The van der Waals surface area contributed by atoms with Crippen LogP contribution in [0.2, 0.25) is 0 Å². The van der Waals surface area contributed by atoms with Gasteiger partial charge in [-0.2, -0.15) is 4.89 Å². The summed E-state index contributed by atoms with van der Waals surface area (Å²) in [6.45, 7) is 0. The average molecular weight is 169 g/mol. The second-order valence-electron chi connectivity index (χ2n) is 0.756. The summed E-state index contributed by atoms with van der Waals surface area (Å²) in [5.41, 5.74) is 0. The molecule has 0 atom stereocenters. The van der Waals surface area contributed by atoms with Crippen LogP contribution in [0, 0.1) is 0 Å². The Morgan fingerprint density at radius 3 is 2.57 bits per heavy atom. The molecular formula is C3H5BrO3. The number of hydrogen-bond donors (Lipinski definition) is 0. The number of halogens is 1. The van der Waals surface area contributed by atoms with Crippen molar-refractivity contribution in [3.63, 3.8) is 0 Å². The molecule has 0 spiro atoms. The highest BCUT2D eigenvalue weighted by Gasteiger charge is 1.95. The van der Waals surface area contributed by atoms with Crippen molar-refractivity contribution in [2.75, 3.05) is 12.4 Å². The van der Waals surface area contributed by atoms with Gasteiger partial charge in [0.25, 0.3) is 0 Å². The van der Waals surface area contributed by atoms with Crippen LogP contribution in [0.3, 0.4) is 0 Å². The molecule has 42 valence electrons. The van der Waals surface area contributed by atoms with Crippen molar-refractivity contribution in [1.82, 2.24) is 0 Å². The van der Waals surface area contributed by atoms with E-state index in [0.29, 0.717) is 0 Å². The number of rotatable bonds is 2. The van der Waals surface area contributed by atoms with E-state index in [1.54, 1.807) is 0 Å². The summed E-state index contributed by atoms with van der Waals surface area (Å²) in [7, 11) is 1.28.